The SMILES string of the molecule is CC1(C)CCCN(C(=O)N2CCCC2C(=O)O)CC1. The summed E-state index contributed by atoms with van der Waals surface area (Å²) in [6.07, 6.45) is 4.50. The van der Waals surface area contributed by atoms with Crippen LogP contribution in [0.4, 0.5) is 4.79 Å². The summed E-state index contributed by atoms with van der Waals surface area (Å²) >= 11 is 0. The lowest BCUT2D eigenvalue weighted by molar-refractivity contribution is -0.141. The summed E-state index contributed by atoms with van der Waals surface area (Å²) in [5, 5.41) is 9.16. The number of rotatable bonds is 1. The van der Waals surface area contributed by atoms with Gasteiger partial charge in [-0.05, 0) is 37.5 Å². The minimum atomic E-state index is -0.874. The Morgan fingerprint density at radius 3 is 2.53 bits per heavy atom. The topological polar surface area (TPSA) is 60.9 Å². The Hall–Kier alpha value is -1.26. The van der Waals surface area contributed by atoms with Crippen LogP contribution < -0.4 is 0 Å². The van der Waals surface area contributed by atoms with E-state index in [1.807, 2.05) is 4.90 Å². The van der Waals surface area contributed by atoms with Crippen molar-refractivity contribution in [3.05, 3.63) is 0 Å². The average molecular weight is 268 g/mol. The van der Waals surface area contributed by atoms with Crippen molar-refractivity contribution >= 4 is 12.0 Å². The molecule has 5 heteroatoms. The molecule has 0 aromatic carbocycles. The van der Waals surface area contributed by atoms with Gasteiger partial charge in [-0.2, -0.15) is 0 Å². The van der Waals surface area contributed by atoms with E-state index in [-0.39, 0.29) is 11.4 Å². The van der Waals surface area contributed by atoms with Crippen molar-refractivity contribution in [1.82, 2.24) is 9.80 Å². The van der Waals surface area contributed by atoms with Gasteiger partial charge in [-0.1, -0.05) is 13.8 Å². The number of carboxylic acids is 1. The van der Waals surface area contributed by atoms with Crippen molar-refractivity contribution in [2.45, 2.75) is 52.0 Å². The fourth-order valence-electron chi connectivity index (χ4n) is 3.05. The van der Waals surface area contributed by atoms with E-state index in [1.54, 1.807) is 4.90 Å². The molecule has 2 saturated heterocycles. The van der Waals surface area contributed by atoms with E-state index in [4.69, 9.17) is 5.11 Å². The van der Waals surface area contributed by atoms with E-state index in [0.717, 1.165) is 38.8 Å². The second kappa shape index (κ2) is 5.39. The molecule has 0 radical (unpaired) electrons. The molecular weight excluding hydrogens is 244 g/mol. The van der Waals surface area contributed by atoms with Gasteiger partial charge in [-0.3, -0.25) is 0 Å². The van der Waals surface area contributed by atoms with E-state index in [0.29, 0.717) is 13.0 Å². The first-order valence-corrected chi connectivity index (χ1v) is 7.19. The Morgan fingerprint density at radius 1 is 1.11 bits per heavy atom. The molecule has 0 spiro atoms. The summed E-state index contributed by atoms with van der Waals surface area (Å²) in [6.45, 7) is 6.54. The molecule has 0 bridgehead atoms. The third-order valence-electron chi connectivity index (χ3n) is 4.39. The van der Waals surface area contributed by atoms with E-state index in [9.17, 15) is 9.59 Å². The Bertz CT molecular complexity index is 368. The number of urea groups is 1. The number of nitrogens with zero attached hydrogens (tertiary/aromatic N) is 2. The molecule has 5 nitrogen and oxygen atoms in total. The van der Waals surface area contributed by atoms with Crippen LogP contribution in [-0.2, 0) is 4.79 Å². The van der Waals surface area contributed by atoms with Gasteiger partial charge in [-0.15, -0.1) is 0 Å². The highest BCUT2D eigenvalue weighted by Crippen LogP contribution is 2.30. The minimum absolute atomic E-state index is 0.0809. The third kappa shape index (κ3) is 3.19. The number of amides is 2. The number of aliphatic carboxylic acids is 1. The number of carboxylic acid groups (broad SMARTS) is 1. The highest BCUT2D eigenvalue weighted by molar-refractivity contribution is 5.83. The largest absolute Gasteiger partial charge is 0.480 e. The summed E-state index contributed by atoms with van der Waals surface area (Å²) in [5.41, 5.74) is 0.284. The van der Waals surface area contributed by atoms with Crippen LogP contribution in [0, 0.1) is 5.41 Å². The quantitative estimate of drug-likeness (QED) is 0.792. The van der Waals surface area contributed by atoms with Crippen molar-refractivity contribution in [1.29, 1.82) is 0 Å². The predicted molar refractivity (Wildman–Crippen MR) is 72.0 cm³/mol. The van der Waals surface area contributed by atoms with E-state index in [2.05, 4.69) is 13.8 Å². The summed E-state index contributed by atoms with van der Waals surface area (Å²) in [6, 6.07) is -0.702. The van der Waals surface area contributed by atoms with Gasteiger partial charge in [0.15, 0.2) is 0 Å². The molecule has 0 saturated carbocycles. The van der Waals surface area contributed by atoms with Crippen molar-refractivity contribution in [3.63, 3.8) is 0 Å². The molecule has 1 N–H and O–H groups in total. The zero-order valence-corrected chi connectivity index (χ0v) is 11.9. The molecule has 2 heterocycles. The molecule has 2 amide bonds. The molecule has 19 heavy (non-hydrogen) atoms. The van der Waals surface area contributed by atoms with Gasteiger partial charge in [0, 0.05) is 19.6 Å². The third-order valence-corrected chi connectivity index (χ3v) is 4.39. The second-order valence-corrected chi connectivity index (χ2v) is 6.48. The summed E-state index contributed by atoms with van der Waals surface area (Å²) in [7, 11) is 0. The first-order valence-electron chi connectivity index (χ1n) is 7.19. The lowest BCUT2D eigenvalue weighted by Crippen LogP contribution is -2.48. The van der Waals surface area contributed by atoms with Crippen LogP contribution in [0.2, 0.25) is 0 Å². The predicted octanol–water partition coefficient (Wildman–Crippen LogP) is 2.17. The van der Waals surface area contributed by atoms with Gasteiger partial charge in [0.25, 0.3) is 0 Å². The first-order chi connectivity index (χ1) is 8.91. The maximum absolute atomic E-state index is 12.5. The van der Waals surface area contributed by atoms with E-state index >= 15 is 0 Å². The second-order valence-electron chi connectivity index (χ2n) is 6.48. The minimum Gasteiger partial charge on any atom is -0.480 e. The lowest BCUT2D eigenvalue weighted by Gasteiger charge is -2.30. The molecule has 1 atom stereocenters. The molecule has 0 aromatic rings. The van der Waals surface area contributed by atoms with Gasteiger partial charge in [0.05, 0.1) is 0 Å². The average Bonchev–Trinajstić information content (AvgIpc) is 2.74. The zero-order chi connectivity index (χ0) is 14.0. The van der Waals surface area contributed by atoms with Crippen molar-refractivity contribution in [2.24, 2.45) is 5.41 Å². The monoisotopic (exact) mass is 268 g/mol. The molecule has 2 aliphatic rings. The van der Waals surface area contributed by atoms with Crippen LogP contribution in [0.3, 0.4) is 0 Å². The van der Waals surface area contributed by atoms with Gasteiger partial charge < -0.3 is 14.9 Å². The molecule has 2 rings (SSSR count). The zero-order valence-electron chi connectivity index (χ0n) is 11.9. The van der Waals surface area contributed by atoms with Crippen molar-refractivity contribution < 1.29 is 14.7 Å². The molecule has 0 aromatic heterocycles. The van der Waals surface area contributed by atoms with Crippen molar-refractivity contribution in [3.8, 4) is 0 Å². The maximum Gasteiger partial charge on any atom is 0.326 e. The van der Waals surface area contributed by atoms with E-state index in [1.165, 1.54) is 0 Å². The summed E-state index contributed by atoms with van der Waals surface area (Å²) < 4.78 is 0. The highest BCUT2D eigenvalue weighted by Gasteiger charge is 2.37. The first kappa shape index (κ1) is 14.2. The molecule has 0 aliphatic carbocycles. The van der Waals surface area contributed by atoms with Gasteiger partial charge in [0.2, 0.25) is 0 Å². The number of hydrogen-bond acceptors (Lipinski definition) is 2. The Labute approximate surface area is 114 Å². The van der Waals surface area contributed by atoms with Crippen molar-refractivity contribution in [2.75, 3.05) is 19.6 Å². The summed E-state index contributed by atoms with van der Waals surface area (Å²) in [4.78, 5) is 27.0. The Kier molecular flexibility index (Phi) is 4.02. The Balaban J connectivity index is 2.01. The van der Waals surface area contributed by atoms with E-state index < -0.39 is 12.0 Å². The Morgan fingerprint density at radius 2 is 1.84 bits per heavy atom. The maximum atomic E-state index is 12.5. The molecular formula is C14H24N2O3. The number of hydrogen-bond donors (Lipinski definition) is 1. The molecule has 2 aliphatic heterocycles. The van der Waals surface area contributed by atoms with Crippen LogP contribution in [0.15, 0.2) is 0 Å². The highest BCUT2D eigenvalue weighted by atomic mass is 16.4. The standard InChI is InChI=1S/C14H24N2O3/c1-14(2)6-4-8-15(10-7-14)13(19)16-9-3-5-11(16)12(17)18/h11H,3-10H2,1-2H3,(H,17,18). The van der Waals surface area contributed by atoms with Gasteiger partial charge >= 0.3 is 12.0 Å². The fraction of sp³-hybridized carbons (Fsp3) is 0.857. The number of carbonyl (C=O) groups excluding carboxylic acids is 1. The van der Waals surface area contributed by atoms with Gasteiger partial charge in [-0.25, -0.2) is 9.59 Å². The van der Waals surface area contributed by atoms with Crippen LogP contribution in [0.1, 0.15) is 46.0 Å². The number of likely N-dealkylation sites (tertiary alicyclic amines) is 2. The number of carbonyl (C=O) groups is 2. The molecule has 108 valence electrons. The van der Waals surface area contributed by atoms with Gasteiger partial charge in [0.1, 0.15) is 6.04 Å². The summed E-state index contributed by atoms with van der Waals surface area (Å²) in [5.74, 6) is -0.874. The van der Waals surface area contributed by atoms with Crippen LogP contribution in [0.25, 0.3) is 0 Å². The fourth-order valence-corrected chi connectivity index (χ4v) is 3.05. The van der Waals surface area contributed by atoms with Crippen LogP contribution in [0.5, 0.6) is 0 Å². The lowest BCUT2D eigenvalue weighted by atomic mass is 9.85. The van der Waals surface area contributed by atoms with Crippen LogP contribution >= 0.6 is 0 Å². The van der Waals surface area contributed by atoms with Crippen LogP contribution in [-0.4, -0.2) is 52.6 Å². The smallest absolute Gasteiger partial charge is 0.326 e. The molecule has 1 unspecified atom stereocenters. The molecule has 2 fully saturated rings. The normalized spacial score (nSPS) is 27.2.